The zero-order chi connectivity index (χ0) is 15.8. The first-order chi connectivity index (χ1) is 9.92. The molecule has 5 heteroatoms. The fourth-order valence-corrected chi connectivity index (χ4v) is 2.60. The first kappa shape index (κ1) is 17.8. The Bertz CT molecular complexity index is 344. The summed E-state index contributed by atoms with van der Waals surface area (Å²) in [5.41, 5.74) is 0. The third-order valence-electron chi connectivity index (χ3n) is 4.06. The average Bonchev–Trinajstić information content (AvgIpc) is 2.44. The second-order valence-electron chi connectivity index (χ2n) is 6.52. The molecule has 5 nitrogen and oxygen atoms in total. The average molecular weight is 296 g/mol. The molecule has 0 aromatic heterocycles. The van der Waals surface area contributed by atoms with Crippen LogP contribution in [-0.4, -0.2) is 49.5 Å². The van der Waals surface area contributed by atoms with Crippen LogP contribution in [0.1, 0.15) is 52.9 Å². The topological polar surface area (TPSA) is 56.7 Å². The normalized spacial score (nSPS) is 23.0. The minimum absolute atomic E-state index is 0.0227. The number of likely N-dealkylation sites (N-methyl/N-ethyl adjacent to an activating group) is 1. The number of hydrogen-bond acceptors (Lipinski definition) is 2. The number of nitrogens with zero attached hydrogens (tertiary/aromatic N) is 2. The molecule has 0 aromatic carbocycles. The smallest absolute Gasteiger partial charge is 0.243 e. The van der Waals surface area contributed by atoms with Crippen molar-refractivity contribution in [2.24, 2.45) is 10.9 Å². The number of guanidine groups is 1. The molecule has 0 atom stereocenters. The van der Waals surface area contributed by atoms with Crippen LogP contribution in [0.2, 0.25) is 0 Å². The van der Waals surface area contributed by atoms with Gasteiger partial charge in [-0.1, -0.05) is 13.3 Å². The second-order valence-corrected chi connectivity index (χ2v) is 6.52. The Kier molecular flexibility index (Phi) is 7.54. The van der Waals surface area contributed by atoms with E-state index in [1.165, 1.54) is 32.1 Å². The van der Waals surface area contributed by atoms with Crippen LogP contribution in [0, 0.1) is 5.92 Å². The molecule has 0 saturated heterocycles. The maximum absolute atomic E-state index is 11.7. The van der Waals surface area contributed by atoms with Crippen molar-refractivity contribution >= 4 is 11.9 Å². The highest BCUT2D eigenvalue weighted by Crippen LogP contribution is 2.26. The molecule has 0 radical (unpaired) electrons. The van der Waals surface area contributed by atoms with Crippen LogP contribution in [0.3, 0.4) is 0 Å². The molecule has 0 aliphatic heterocycles. The lowest BCUT2D eigenvalue weighted by molar-refractivity contribution is -0.127. The molecule has 0 unspecified atom stereocenters. The quantitative estimate of drug-likeness (QED) is 0.602. The number of aliphatic imine (C=N–C) groups is 1. The van der Waals surface area contributed by atoms with E-state index in [0.717, 1.165) is 11.9 Å². The van der Waals surface area contributed by atoms with E-state index in [-0.39, 0.29) is 12.5 Å². The molecule has 0 spiro atoms. The van der Waals surface area contributed by atoms with Crippen molar-refractivity contribution in [1.82, 2.24) is 15.5 Å². The van der Waals surface area contributed by atoms with Gasteiger partial charge in [-0.15, -0.1) is 0 Å². The molecule has 1 rings (SSSR count). The molecule has 0 heterocycles. The highest BCUT2D eigenvalue weighted by atomic mass is 16.2. The van der Waals surface area contributed by atoms with Gasteiger partial charge in [0, 0.05) is 26.2 Å². The summed E-state index contributed by atoms with van der Waals surface area (Å²) >= 11 is 0. The summed E-state index contributed by atoms with van der Waals surface area (Å²) < 4.78 is 0. The van der Waals surface area contributed by atoms with Crippen molar-refractivity contribution in [2.45, 2.75) is 65.0 Å². The lowest BCUT2D eigenvalue weighted by Gasteiger charge is -2.30. The first-order valence-corrected chi connectivity index (χ1v) is 8.20. The summed E-state index contributed by atoms with van der Waals surface area (Å²) in [6.07, 6.45) is 6.26. The highest BCUT2D eigenvalue weighted by molar-refractivity contribution is 5.85. The number of carbonyl (C=O) groups excluding carboxylic acids is 1. The minimum atomic E-state index is 0.0227. The van der Waals surface area contributed by atoms with Crippen LogP contribution in [0.5, 0.6) is 0 Å². The zero-order valence-corrected chi connectivity index (χ0v) is 14.3. The maximum Gasteiger partial charge on any atom is 0.243 e. The molecule has 1 aliphatic carbocycles. The standard InChI is InChI=1S/C16H32N4O/c1-6-13-7-9-14(10-8-13)19-16(18-12(2)3)17-11-15(21)20(4)5/h12-14H,6-11H2,1-5H3,(H2,17,18,19). The Hall–Kier alpha value is -1.26. The van der Waals surface area contributed by atoms with Gasteiger partial charge in [-0.3, -0.25) is 4.79 Å². The van der Waals surface area contributed by atoms with Crippen molar-refractivity contribution in [3.05, 3.63) is 0 Å². The van der Waals surface area contributed by atoms with E-state index >= 15 is 0 Å². The molecule has 0 bridgehead atoms. The number of hydrogen-bond donors (Lipinski definition) is 2. The van der Waals surface area contributed by atoms with E-state index in [1.54, 1.807) is 19.0 Å². The fraction of sp³-hybridized carbons (Fsp3) is 0.875. The van der Waals surface area contributed by atoms with Crippen LogP contribution in [-0.2, 0) is 4.79 Å². The van der Waals surface area contributed by atoms with Gasteiger partial charge in [0.15, 0.2) is 5.96 Å². The van der Waals surface area contributed by atoms with Crippen LogP contribution in [0.25, 0.3) is 0 Å². The largest absolute Gasteiger partial charge is 0.354 e. The van der Waals surface area contributed by atoms with Crippen LogP contribution in [0.4, 0.5) is 0 Å². The molecule has 1 fully saturated rings. The molecule has 1 saturated carbocycles. The third kappa shape index (κ3) is 6.82. The van der Waals surface area contributed by atoms with Gasteiger partial charge in [0.05, 0.1) is 0 Å². The summed E-state index contributed by atoms with van der Waals surface area (Å²) in [6.45, 7) is 6.63. The van der Waals surface area contributed by atoms with Crippen molar-refractivity contribution in [3.63, 3.8) is 0 Å². The van der Waals surface area contributed by atoms with Gasteiger partial charge in [0.1, 0.15) is 6.54 Å². The van der Waals surface area contributed by atoms with E-state index in [2.05, 4.69) is 36.4 Å². The zero-order valence-electron chi connectivity index (χ0n) is 14.3. The third-order valence-corrected chi connectivity index (χ3v) is 4.06. The summed E-state index contributed by atoms with van der Waals surface area (Å²) in [5, 5.41) is 6.81. The van der Waals surface area contributed by atoms with Gasteiger partial charge in [-0.25, -0.2) is 4.99 Å². The van der Waals surface area contributed by atoms with Crippen LogP contribution in [0.15, 0.2) is 4.99 Å². The number of rotatable bonds is 5. The number of nitrogens with one attached hydrogen (secondary N) is 2. The molecule has 0 aromatic rings. The van der Waals surface area contributed by atoms with E-state index in [1.807, 2.05) is 0 Å². The van der Waals surface area contributed by atoms with Crippen molar-refractivity contribution in [2.75, 3.05) is 20.6 Å². The Balaban J connectivity index is 2.53. The predicted molar refractivity (Wildman–Crippen MR) is 88.4 cm³/mol. The lowest BCUT2D eigenvalue weighted by atomic mass is 9.84. The first-order valence-electron chi connectivity index (χ1n) is 8.20. The van der Waals surface area contributed by atoms with Gasteiger partial charge < -0.3 is 15.5 Å². The van der Waals surface area contributed by atoms with E-state index in [0.29, 0.717) is 12.1 Å². The summed E-state index contributed by atoms with van der Waals surface area (Å²) in [5.74, 6) is 1.67. The monoisotopic (exact) mass is 296 g/mol. The van der Waals surface area contributed by atoms with Crippen molar-refractivity contribution in [1.29, 1.82) is 0 Å². The van der Waals surface area contributed by atoms with Gasteiger partial charge in [0.2, 0.25) is 5.91 Å². The van der Waals surface area contributed by atoms with Gasteiger partial charge in [0.25, 0.3) is 0 Å². The van der Waals surface area contributed by atoms with Gasteiger partial charge >= 0.3 is 0 Å². The molecule has 1 aliphatic rings. The maximum atomic E-state index is 11.7. The Labute approximate surface area is 129 Å². The number of amides is 1. The lowest BCUT2D eigenvalue weighted by Crippen LogP contribution is -2.47. The summed E-state index contributed by atoms with van der Waals surface area (Å²) in [7, 11) is 3.51. The van der Waals surface area contributed by atoms with Crippen LogP contribution >= 0.6 is 0 Å². The number of carbonyl (C=O) groups is 1. The molecule has 21 heavy (non-hydrogen) atoms. The van der Waals surface area contributed by atoms with Gasteiger partial charge in [-0.2, -0.15) is 0 Å². The molecule has 2 N–H and O–H groups in total. The molecular weight excluding hydrogens is 264 g/mol. The molecule has 122 valence electrons. The van der Waals surface area contributed by atoms with E-state index in [4.69, 9.17) is 0 Å². The predicted octanol–water partition coefficient (Wildman–Crippen LogP) is 1.99. The van der Waals surface area contributed by atoms with Crippen molar-refractivity contribution < 1.29 is 4.79 Å². The summed E-state index contributed by atoms with van der Waals surface area (Å²) in [4.78, 5) is 17.7. The van der Waals surface area contributed by atoms with E-state index < -0.39 is 0 Å². The Morgan fingerprint density at radius 2 is 1.86 bits per heavy atom. The molecular formula is C16H32N4O. The highest BCUT2D eigenvalue weighted by Gasteiger charge is 2.21. The summed E-state index contributed by atoms with van der Waals surface area (Å²) in [6, 6.07) is 0.782. The Morgan fingerprint density at radius 1 is 1.24 bits per heavy atom. The van der Waals surface area contributed by atoms with Crippen LogP contribution < -0.4 is 10.6 Å². The van der Waals surface area contributed by atoms with Crippen molar-refractivity contribution in [3.8, 4) is 0 Å². The minimum Gasteiger partial charge on any atom is -0.354 e. The Morgan fingerprint density at radius 3 is 2.33 bits per heavy atom. The molecule has 1 amide bonds. The second kappa shape index (κ2) is 8.90. The SMILES string of the molecule is CCC1CCC(NC(=NCC(=O)N(C)C)NC(C)C)CC1. The van der Waals surface area contributed by atoms with E-state index in [9.17, 15) is 4.79 Å². The fourth-order valence-electron chi connectivity index (χ4n) is 2.60. The van der Waals surface area contributed by atoms with Gasteiger partial charge in [-0.05, 0) is 45.4 Å².